The number of hydrogen-bond donors (Lipinski definition) is 0. The van der Waals surface area contributed by atoms with E-state index in [-0.39, 0.29) is 33.0 Å². The normalized spacial score (nSPS) is 13.1. The molecule has 0 spiro atoms. The zero-order chi connectivity index (χ0) is 27.2. The minimum atomic E-state index is -5.12. The van der Waals surface area contributed by atoms with Crippen molar-refractivity contribution in [2.45, 2.75) is 6.18 Å². The zero-order valence-corrected chi connectivity index (χ0v) is 19.6. The quantitative estimate of drug-likeness (QED) is 0.187. The molecule has 4 aromatic rings. The Labute approximate surface area is 215 Å². The van der Waals surface area contributed by atoms with Crippen LogP contribution in [0.3, 0.4) is 0 Å². The van der Waals surface area contributed by atoms with Gasteiger partial charge in [0.25, 0.3) is 17.6 Å². The summed E-state index contributed by atoms with van der Waals surface area (Å²) in [6.45, 7) is -0.743. The standard InChI is InChI=1S/C26H13ClF3NO7/c27-17-7-3-4-8-18(17)37-22-21(33)16-10-9-13(11-19(16)38-23(22)26(28,29)30)36-20(32)12-31-24(34)14-5-1-2-6-15(14)25(31)35/h1-11H,12H2. The highest BCUT2D eigenvalue weighted by Gasteiger charge is 2.41. The van der Waals surface area contributed by atoms with Crippen LogP contribution in [0.5, 0.6) is 17.2 Å². The van der Waals surface area contributed by atoms with E-state index in [0.717, 1.165) is 18.2 Å². The van der Waals surface area contributed by atoms with Crippen molar-refractivity contribution >= 4 is 40.4 Å². The molecular formula is C26H13ClF3NO7. The average molecular weight is 544 g/mol. The van der Waals surface area contributed by atoms with Crippen molar-refractivity contribution < 1.29 is 41.4 Å². The Bertz CT molecular complexity index is 1660. The van der Waals surface area contributed by atoms with Crippen LogP contribution in [0.4, 0.5) is 13.2 Å². The van der Waals surface area contributed by atoms with Crippen LogP contribution in [-0.2, 0) is 11.0 Å². The van der Waals surface area contributed by atoms with Gasteiger partial charge in [0.1, 0.15) is 23.6 Å². The van der Waals surface area contributed by atoms with Crippen molar-refractivity contribution in [1.82, 2.24) is 4.90 Å². The summed E-state index contributed by atoms with van der Waals surface area (Å²) in [6.07, 6.45) is -5.12. The Morgan fingerprint density at radius 1 is 0.921 bits per heavy atom. The maximum atomic E-state index is 13.8. The van der Waals surface area contributed by atoms with Gasteiger partial charge in [-0.15, -0.1) is 0 Å². The van der Waals surface area contributed by atoms with Gasteiger partial charge < -0.3 is 13.9 Å². The molecule has 0 N–H and O–H groups in total. The van der Waals surface area contributed by atoms with Gasteiger partial charge in [0, 0.05) is 6.07 Å². The van der Waals surface area contributed by atoms with Gasteiger partial charge in [-0.05, 0) is 36.4 Å². The summed E-state index contributed by atoms with van der Waals surface area (Å²) in [5.74, 6) is -5.73. The molecule has 0 radical (unpaired) electrons. The number of amides is 2. The van der Waals surface area contributed by atoms with Crippen LogP contribution < -0.4 is 14.9 Å². The van der Waals surface area contributed by atoms with E-state index in [9.17, 15) is 32.3 Å². The van der Waals surface area contributed by atoms with Gasteiger partial charge in [-0.25, -0.2) is 4.79 Å². The molecule has 0 unspecified atom stereocenters. The van der Waals surface area contributed by atoms with Crippen molar-refractivity contribution in [3.05, 3.63) is 98.9 Å². The first-order valence-corrected chi connectivity index (χ1v) is 11.2. The van der Waals surface area contributed by atoms with Crippen molar-refractivity contribution in [1.29, 1.82) is 0 Å². The predicted molar refractivity (Wildman–Crippen MR) is 126 cm³/mol. The van der Waals surface area contributed by atoms with E-state index in [2.05, 4.69) is 0 Å². The molecule has 38 heavy (non-hydrogen) atoms. The van der Waals surface area contributed by atoms with Crippen LogP contribution in [0.25, 0.3) is 11.0 Å². The van der Waals surface area contributed by atoms with Gasteiger partial charge in [-0.1, -0.05) is 35.9 Å². The molecule has 0 bridgehead atoms. The molecule has 12 heteroatoms. The minimum Gasteiger partial charge on any atom is -0.448 e. The van der Waals surface area contributed by atoms with E-state index in [4.69, 9.17) is 25.5 Å². The van der Waals surface area contributed by atoms with Gasteiger partial charge in [0.15, 0.2) is 0 Å². The predicted octanol–water partition coefficient (Wildman–Crippen LogP) is 5.46. The van der Waals surface area contributed by atoms with Crippen LogP contribution in [0, 0.1) is 0 Å². The molecule has 2 amide bonds. The molecule has 1 aliphatic heterocycles. The first-order chi connectivity index (χ1) is 18.0. The third-order valence-electron chi connectivity index (χ3n) is 5.53. The molecule has 5 rings (SSSR count). The highest BCUT2D eigenvalue weighted by molar-refractivity contribution is 6.32. The van der Waals surface area contributed by atoms with Gasteiger partial charge in [-0.3, -0.25) is 19.3 Å². The smallest absolute Gasteiger partial charge is 0.448 e. The lowest BCUT2D eigenvalue weighted by molar-refractivity contribution is -0.154. The van der Waals surface area contributed by atoms with E-state index in [1.807, 2.05) is 0 Å². The number of fused-ring (bicyclic) bond motifs is 2. The number of para-hydroxylation sites is 1. The lowest BCUT2D eigenvalue weighted by Crippen LogP contribution is -2.36. The summed E-state index contributed by atoms with van der Waals surface area (Å²) in [5.41, 5.74) is -1.41. The topological polar surface area (TPSA) is 103 Å². The van der Waals surface area contributed by atoms with E-state index >= 15 is 0 Å². The largest absolute Gasteiger partial charge is 0.453 e. The molecule has 0 saturated heterocycles. The number of imide groups is 1. The Balaban J connectivity index is 1.44. The summed E-state index contributed by atoms with van der Waals surface area (Å²) in [7, 11) is 0. The van der Waals surface area contributed by atoms with Crippen LogP contribution in [0.2, 0.25) is 5.02 Å². The highest BCUT2D eigenvalue weighted by atomic mass is 35.5. The van der Waals surface area contributed by atoms with Crippen molar-refractivity contribution in [2.75, 3.05) is 6.54 Å². The van der Waals surface area contributed by atoms with Crippen LogP contribution in [0.1, 0.15) is 26.5 Å². The molecule has 8 nitrogen and oxygen atoms in total. The van der Waals surface area contributed by atoms with Crippen molar-refractivity contribution in [3.63, 3.8) is 0 Å². The maximum absolute atomic E-state index is 13.8. The maximum Gasteiger partial charge on any atom is 0.453 e. The van der Waals surface area contributed by atoms with Gasteiger partial charge in [-0.2, -0.15) is 13.2 Å². The number of alkyl halides is 3. The number of esters is 1. The summed E-state index contributed by atoms with van der Waals surface area (Å²) in [6, 6.07) is 14.8. The molecular weight excluding hydrogens is 531 g/mol. The third kappa shape index (κ3) is 4.48. The second-order valence-electron chi connectivity index (χ2n) is 7.99. The number of nitrogens with zero attached hydrogens (tertiary/aromatic N) is 1. The van der Waals surface area contributed by atoms with E-state index in [1.54, 1.807) is 12.1 Å². The SMILES string of the molecule is O=C(CN1C(=O)c2ccccc2C1=O)Oc1ccc2c(=O)c(Oc3ccccc3Cl)c(C(F)(F)F)oc2c1. The molecule has 0 fully saturated rings. The Hall–Kier alpha value is -4.64. The summed E-state index contributed by atoms with van der Waals surface area (Å²) in [4.78, 5) is 51.0. The number of ether oxygens (including phenoxy) is 2. The lowest BCUT2D eigenvalue weighted by atomic mass is 10.1. The zero-order valence-electron chi connectivity index (χ0n) is 18.9. The molecule has 192 valence electrons. The summed E-state index contributed by atoms with van der Waals surface area (Å²) < 4.78 is 56.6. The average Bonchev–Trinajstić information content (AvgIpc) is 3.11. The second-order valence-corrected chi connectivity index (χ2v) is 8.40. The Kier molecular flexibility index (Phi) is 6.15. The monoisotopic (exact) mass is 543 g/mol. The number of halogens is 4. The van der Waals surface area contributed by atoms with Gasteiger partial charge >= 0.3 is 12.1 Å². The van der Waals surface area contributed by atoms with Crippen LogP contribution in [-0.4, -0.2) is 29.2 Å². The molecule has 3 aromatic carbocycles. The van der Waals surface area contributed by atoms with E-state index in [0.29, 0.717) is 4.90 Å². The first-order valence-electron chi connectivity index (χ1n) is 10.8. The third-order valence-corrected chi connectivity index (χ3v) is 5.84. The van der Waals surface area contributed by atoms with Gasteiger partial charge in [0.05, 0.1) is 21.5 Å². The van der Waals surface area contributed by atoms with Gasteiger partial charge in [0.2, 0.25) is 11.2 Å². The molecule has 0 atom stereocenters. The Morgan fingerprint density at radius 2 is 1.55 bits per heavy atom. The van der Waals surface area contributed by atoms with Crippen LogP contribution in [0.15, 0.2) is 75.9 Å². The summed E-state index contributed by atoms with van der Waals surface area (Å²) >= 11 is 5.95. The van der Waals surface area contributed by atoms with Crippen molar-refractivity contribution in [3.8, 4) is 17.2 Å². The number of benzene rings is 3. The molecule has 0 saturated carbocycles. The second kappa shape index (κ2) is 9.34. The van der Waals surface area contributed by atoms with E-state index < -0.39 is 53.0 Å². The molecule has 1 aromatic heterocycles. The summed E-state index contributed by atoms with van der Waals surface area (Å²) in [5, 5.41) is -0.319. The first kappa shape index (κ1) is 25.0. The molecule has 1 aliphatic rings. The fraction of sp³-hybridized carbons (Fsp3) is 0.0769. The number of rotatable bonds is 5. The highest BCUT2D eigenvalue weighted by Crippen LogP contribution is 2.39. The molecule has 2 heterocycles. The Morgan fingerprint density at radius 3 is 2.18 bits per heavy atom. The fourth-order valence-electron chi connectivity index (χ4n) is 3.81. The number of carbonyl (C=O) groups is 3. The number of hydrogen-bond acceptors (Lipinski definition) is 7. The fourth-order valence-corrected chi connectivity index (χ4v) is 3.99. The lowest BCUT2D eigenvalue weighted by Gasteiger charge is -2.15. The molecule has 0 aliphatic carbocycles. The number of carbonyl (C=O) groups excluding carboxylic acids is 3. The van der Waals surface area contributed by atoms with Crippen molar-refractivity contribution in [2.24, 2.45) is 0 Å². The van der Waals surface area contributed by atoms with E-state index in [1.165, 1.54) is 36.4 Å². The van der Waals surface area contributed by atoms with Crippen LogP contribution >= 0.6 is 11.6 Å². The minimum absolute atomic E-state index is 0.0274.